The molecule has 0 spiro atoms. The van der Waals surface area contributed by atoms with E-state index < -0.39 is 0 Å². The van der Waals surface area contributed by atoms with Crippen LogP contribution in [0.2, 0.25) is 0 Å². The number of rotatable bonds is 3. The molecule has 0 unspecified atom stereocenters. The van der Waals surface area contributed by atoms with Gasteiger partial charge >= 0.3 is 0 Å². The molecule has 1 aromatic carbocycles. The number of carbonyl (C=O) groups is 2. The standard InChI is InChI=1S/C13H13NO4/c1-17-10-4-3-8(11(7-10)18-2)5-9-6-12(15)14-13(9)16/h3-5,7H,6H2,1-2H3,(H,14,15,16). The van der Waals surface area contributed by atoms with E-state index >= 15 is 0 Å². The van der Waals surface area contributed by atoms with E-state index in [4.69, 9.17) is 9.47 Å². The van der Waals surface area contributed by atoms with Crippen LogP contribution in [0.25, 0.3) is 6.08 Å². The van der Waals surface area contributed by atoms with Crippen LogP contribution in [0.15, 0.2) is 23.8 Å². The predicted molar refractivity (Wildman–Crippen MR) is 65.3 cm³/mol. The third-order valence-corrected chi connectivity index (χ3v) is 2.67. The van der Waals surface area contributed by atoms with Crippen LogP contribution in [0.3, 0.4) is 0 Å². The van der Waals surface area contributed by atoms with Crippen LogP contribution in [-0.4, -0.2) is 26.0 Å². The highest BCUT2D eigenvalue weighted by Crippen LogP contribution is 2.27. The van der Waals surface area contributed by atoms with Crippen molar-refractivity contribution in [2.24, 2.45) is 0 Å². The molecule has 1 aliphatic rings. The van der Waals surface area contributed by atoms with Crippen LogP contribution in [0.4, 0.5) is 0 Å². The summed E-state index contributed by atoms with van der Waals surface area (Å²) in [6.07, 6.45) is 1.76. The first-order valence-electron chi connectivity index (χ1n) is 5.41. The predicted octanol–water partition coefficient (Wildman–Crippen LogP) is 1.13. The number of ether oxygens (including phenoxy) is 2. The van der Waals surface area contributed by atoms with Crippen LogP contribution in [0.1, 0.15) is 12.0 Å². The number of amides is 2. The van der Waals surface area contributed by atoms with Gasteiger partial charge in [-0.2, -0.15) is 0 Å². The molecular formula is C13H13NO4. The normalized spacial score (nSPS) is 16.9. The van der Waals surface area contributed by atoms with Crippen LogP contribution >= 0.6 is 0 Å². The van der Waals surface area contributed by atoms with Gasteiger partial charge in [0.05, 0.1) is 20.6 Å². The number of benzene rings is 1. The lowest BCUT2D eigenvalue weighted by Crippen LogP contribution is -2.19. The molecule has 1 fully saturated rings. The number of hydrogen-bond acceptors (Lipinski definition) is 4. The van der Waals surface area contributed by atoms with E-state index in [0.29, 0.717) is 17.1 Å². The summed E-state index contributed by atoms with van der Waals surface area (Å²) in [4.78, 5) is 22.5. The summed E-state index contributed by atoms with van der Waals surface area (Å²) in [7, 11) is 3.10. The van der Waals surface area contributed by atoms with Gasteiger partial charge in [0.2, 0.25) is 5.91 Å². The first-order chi connectivity index (χ1) is 8.63. The van der Waals surface area contributed by atoms with Crippen molar-refractivity contribution < 1.29 is 19.1 Å². The van der Waals surface area contributed by atoms with Crippen molar-refractivity contribution in [2.45, 2.75) is 6.42 Å². The van der Waals surface area contributed by atoms with Crippen molar-refractivity contribution in [1.82, 2.24) is 5.32 Å². The zero-order valence-corrected chi connectivity index (χ0v) is 10.1. The Kier molecular flexibility index (Phi) is 3.32. The first-order valence-corrected chi connectivity index (χ1v) is 5.41. The molecule has 5 heteroatoms. The molecule has 0 aliphatic carbocycles. The lowest BCUT2D eigenvalue weighted by atomic mass is 10.1. The Bertz CT molecular complexity index is 534. The molecule has 1 aliphatic heterocycles. The minimum absolute atomic E-state index is 0.105. The van der Waals surface area contributed by atoms with Crippen LogP contribution in [-0.2, 0) is 9.59 Å². The molecule has 1 heterocycles. The Morgan fingerprint density at radius 3 is 2.56 bits per heavy atom. The Labute approximate surface area is 104 Å². The van der Waals surface area contributed by atoms with Gasteiger partial charge in [0.25, 0.3) is 5.91 Å². The fourth-order valence-corrected chi connectivity index (χ4v) is 1.75. The van der Waals surface area contributed by atoms with Gasteiger partial charge in [-0.25, -0.2) is 0 Å². The van der Waals surface area contributed by atoms with Crippen molar-refractivity contribution in [3.05, 3.63) is 29.3 Å². The van der Waals surface area contributed by atoms with Gasteiger partial charge in [-0.3, -0.25) is 14.9 Å². The maximum atomic E-state index is 11.4. The Balaban J connectivity index is 2.37. The fraction of sp³-hybridized carbons (Fsp3) is 0.231. The van der Waals surface area contributed by atoms with E-state index in [9.17, 15) is 9.59 Å². The van der Waals surface area contributed by atoms with E-state index in [2.05, 4.69) is 5.32 Å². The second-order valence-corrected chi connectivity index (χ2v) is 3.83. The lowest BCUT2D eigenvalue weighted by Gasteiger charge is -2.07. The van der Waals surface area contributed by atoms with Crippen LogP contribution in [0.5, 0.6) is 11.5 Å². The van der Waals surface area contributed by atoms with Crippen molar-refractivity contribution in [2.75, 3.05) is 14.2 Å². The van der Waals surface area contributed by atoms with Gasteiger partial charge in [-0.05, 0) is 18.2 Å². The summed E-state index contributed by atoms with van der Waals surface area (Å²) in [6.45, 7) is 0. The van der Waals surface area contributed by atoms with Crippen molar-refractivity contribution in [1.29, 1.82) is 0 Å². The highest BCUT2D eigenvalue weighted by atomic mass is 16.5. The number of nitrogens with one attached hydrogen (secondary N) is 1. The third kappa shape index (κ3) is 2.34. The molecule has 18 heavy (non-hydrogen) atoms. The summed E-state index contributed by atoms with van der Waals surface area (Å²) in [5.41, 5.74) is 1.17. The van der Waals surface area contributed by atoms with E-state index in [1.165, 1.54) is 7.11 Å². The van der Waals surface area contributed by atoms with Crippen LogP contribution < -0.4 is 14.8 Å². The summed E-state index contributed by atoms with van der Waals surface area (Å²) in [5, 5.41) is 2.24. The maximum absolute atomic E-state index is 11.4. The second kappa shape index (κ2) is 4.91. The molecule has 0 atom stereocenters. The quantitative estimate of drug-likeness (QED) is 0.642. The van der Waals surface area contributed by atoms with Gasteiger partial charge in [0, 0.05) is 17.2 Å². The molecule has 1 aromatic rings. The number of methoxy groups -OCH3 is 2. The first kappa shape index (κ1) is 12.2. The summed E-state index contributed by atoms with van der Waals surface area (Å²) in [6, 6.07) is 5.27. The topological polar surface area (TPSA) is 64.6 Å². The Morgan fingerprint density at radius 2 is 2.00 bits per heavy atom. The molecule has 2 rings (SSSR count). The highest BCUT2D eigenvalue weighted by molar-refractivity contribution is 6.15. The molecule has 5 nitrogen and oxygen atoms in total. The van der Waals surface area contributed by atoms with Gasteiger partial charge in [-0.15, -0.1) is 0 Å². The molecule has 0 aromatic heterocycles. The SMILES string of the molecule is COc1ccc(C=C2CC(=O)NC2=O)c(OC)c1. The lowest BCUT2D eigenvalue weighted by molar-refractivity contribution is -0.124. The number of imide groups is 1. The average molecular weight is 247 g/mol. The molecule has 1 saturated heterocycles. The van der Waals surface area contributed by atoms with Gasteiger partial charge < -0.3 is 9.47 Å². The average Bonchev–Trinajstić information content (AvgIpc) is 2.68. The second-order valence-electron chi connectivity index (χ2n) is 3.83. The Hall–Kier alpha value is -2.30. The number of carbonyl (C=O) groups excluding carboxylic acids is 2. The van der Waals surface area contributed by atoms with Crippen LogP contribution in [0, 0.1) is 0 Å². The minimum atomic E-state index is -0.349. The zero-order chi connectivity index (χ0) is 13.1. The molecule has 94 valence electrons. The Morgan fingerprint density at radius 1 is 1.22 bits per heavy atom. The largest absolute Gasteiger partial charge is 0.497 e. The van der Waals surface area contributed by atoms with Gasteiger partial charge in [-0.1, -0.05) is 0 Å². The van der Waals surface area contributed by atoms with Gasteiger partial charge in [0.15, 0.2) is 0 Å². The highest BCUT2D eigenvalue weighted by Gasteiger charge is 2.24. The van der Waals surface area contributed by atoms with Crippen molar-refractivity contribution in [3.8, 4) is 11.5 Å². The minimum Gasteiger partial charge on any atom is -0.497 e. The molecular weight excluding hydrogens is 234 g/mol. The van der Waals surface area contributed by atoms with Crippen molar-refractivity contribution >= 4 is 17.9 Å². The summed E-state index contributed by atoms with van der Waals surface area (Å²) in [5.74, 6) is 0.631. The number of hydrogen-bond donors (Lipinski definition) is 1. The zero-order valence-electron chi connectivity index (χ0n) is 10.1. The van der Waals surface area contributed by atoms with E-state index in [1.54, 1.807) is 31.4 Å². The maximum Gasteiger partial charge on any atom is 0.254 e. The van der Waals surface area contributed by atoms with E-state index in [1.807, 2.05) is 0 Å². The fourth-order valence-electron chi connectivity index (χ4n) is 1.75. The smallest absolute Gasteiger partial charge is 0.254 e. The molecule has 1 N–H and O–H groups in total. The molecule has 0 saturated carbocycles. The van der Waals surface area contributed by atoms with Crippen molar-refractivity contribution in [3.63, 3.8) is 0 Å². The molecule has 0 bridgehead atoms. The van der Waals surface area contributed by atoms with E-state index in [-0.39, 0.29) is 18.2 Å². The van der Waals surface area contributed by atoms with E-state index in [0.717, 1.165) is 5.56 Å². The van der Waals surface area contributed by atoms with Gasteiger partial charge in [0.1, 0.15) is 11.5 Å². The monoisotopic (exact) mass is 247 g/mol. The summed E-state index contributed by atoms with van der Waals surface area (Å²) < 4.78 is 10.3. The third-order valence-electron chi connectivity index (χ3n) is 2.67. The summed E-state index contributed by atoms with van der Waals surface area (Å²) >= 11 is 0. The molecule has 2 amide bonds. The molecule has 0 radical (unpaired) electrons.